The van der Waals surface area contributed by atoms with Gasteiger partial charge in [-0.25, -0.2) is 4.98 Å². The van der Waals surface area contributed by atoms with Crippen molar-refractivity contribution in [3.63, 3.8) is 0 Å². The van der Waals surface area contributed by atoms with E-state index in [4.69, 9.17) is 9.97 Å². The fourth-order valence-corrected chi connectivity index (χ4v) is 7.85. The summed E-state index contributed by atoms with van der Waals surface area (Å²) in [6, 6.07) is 39.4. The van der Waals surface area contributed by atoms with Crippen LogP contribution in [0.3, 0.4) is 0 Å². The molecule has 0 bridgehead atoms. The topological polar surface area (TPSA) is 30.2 Å². The first-order valence-electron chi connectivity index (χ1n) is 15.1. The van der Waals surface area contributed by atoms with Gasteiger partial charge in [0.2, 0.25) is 0 Å². The molecule has 0 unspecified atom stereocenters. The van der Waals surface area contributed by atoms with Gasteiger partial charge >= 0.3 is 0 Å². The van der Waals surface area contributed by atoms with Crippen LogP contribution in [0.2, 0.25) is 0 Å². The number of benzene rings is 5. The average molecular weight is 594 g/mol. The van der Waals surface area contributed by atoms with Crippen LogP contribution in [0.1, 0.15) is 17.4 Å². The number of thiophene rings is 1. The SMILES string of the molecule is C=Cc1sc2ccc(-c3ccc(-c4ccc5c6c(ccc7cccnc76)c6nc7ccccc7n6c5c4)cc3)cc2c1/C=C\C. The second kappa shape index (κ2) is 9.98. The molecule has 4 heterocycles. The van der Waals surface area contributed by atoms with Crippen molar-refractivity contribution in [3.05, 3.63) is 138 Å². The molecule has 0 amide bonds. The molecule has 0 saturated heterocycles. The number of pyridine rings is 2. The highest BCUT2D eigenvalue weighted by atomic mass is 32.1. The van der Waals surface area contributed by atoms with Gasteiger partial charge in [-0.2, -0.15) is 0 Å². The highest BCUT2D eigenvalue weighted by molar-refractivity contribution is 7.20. The molecule has 0 spiro atoms. The van der Waals surface area contributed by atoms with Crippen molar-refractivity contribution >= 4 is 82.8 Å². The van der Waals surface area contributed by atoms with Crippen LogP contribution in [0.5, 0.6) is 0 Å². The van der Waals surface area contributed by atoms with E-state index < -0.39 is 0 Å². The van der Waals surface area contributed by atoms with Crippen molar-refractivity contribution in [2.75, 3.05) is 0 Å². The van der Waals surface area contributed by atoms with E-state index in [2.05, 4.69) is 133 Å². The molecule has 5 aromatic carbocycles. The van der Waals surface area contributed by atoms with Gasteiger partial charge in [0.05, 0.1) is 22.1 Å². The first-order valence-corrected chi connectivity index (χ1v) is 16.0. The largest absolute Gasteiger partial charge is 0.292 e. The Hall–Kier alpha value is -5.58. The van der Waals surface area contributed by atoms with Crippen LogP contribution in [0.4, 0.5) is 0 Å². The maximum absolute atomic E-state index is 5.12. The van der Waals surface area contributed by atoms with Crippen molar-refractivity contribution in [3.8, 4) is 22.3 Å². The lowest BCUT2D eigenvalue weighted by Gasteiger charge is -2.13. The number of imidazole rings is 1. The van der Waals surface area contributed by atoms with Gasteiger partial charge in [0.25, 0.3) is 0 Å². The van der Waals surface area contributed by atoms with E-state index in [0.29, 0.717) is 0 Å². The van der Waals surface area contributed by atoms with Gasteiger partial charge in [-0.1, -0.05) is 91.5 Å². The Morgan fingerprint density at radius 1 is 0.711 bits per heavy atom. The number of allylic oxidation sites excluding steroid dienone is 1. The predicted molar refractivity (Wildman–Crippen MR) is 194 cm³/mol. The summed E-state index contributed by atoms with van der Waals surface area (Å²) >= 11 is 1.79. The van der Waals surface area contributed by atoms with Crippen molar-refractivity contribution in [1.29, 1.82) is 0 Å². The van der Waals surface area contributed by atoms with Gasteiger partial charge in [0.15, 0.2) is 0 Å². The first kappa shape index (κ1) is 25.9. The molecule has 0 aliphatic rings. The molecular formula is C41H27N3S. The number of rotatable bonds is 4. The summed E-state index contributed by atoms with van der Waals surface area (Å²) in [5, 5.41) is 5.83. The van der Waals surface area contributed by atoms with Gasteiger partial charge in [-0.3, -0.25) is 9.38 Å². The summed E-state index contributed by atoms with van der Waals surface area (Å²) in [5.41, 5.74) is 11.2. The molecule has 3 nitrogen and oxygen atoms in total. The summed E-state index contributed by atoms with van der Waals surface area (Å²) in [4.78, 5) is 11.2. The van der Waals surface area contributed by atoms with Crippen LogP contribution in [0.15, 0.2) is 128 Å². The molecule has 212 valence electrons. The van der Waals surface area contributed by atoms with E-state index in [1.54, 1.807) is 11.3 Å². The summed E-state index contributed by atoms with van der Waals surface area (Å²) in [5.74, 6) is 0. The maximum atomic E-state index is 5.12. The van der Waals surface area contributed by atoms with Crippen molar-refractivity contribution < 1.29 is 0 Å². The second-order valence-electron chi connectivity index (χ2n) is 11.4. The number of fused-ring (bicyclic) bond motifs is 11. The number of nitrogens with zero attached hydrogens (tertiary/aromatic N) is 3. The Kier molecular flexibility index (Phi) is 5.74. The Morgan fingerprint density at radius 2 is 1.47 bits per heavy atom. The van der Waals surface area contributed by atoms with E-state index in [1.165, 1.54) is 48.2 Å². The third kappa shape index (κ3) is 3.89. The molecule has 4 aromatic heterocycles. The van der Waals surface area contributed by atoms with Gasteiger partial charge in [0.1, 0.15) is 5.65 Å². The lowest BCUT2D eigenvalue weighted by Crippen LogP contribution is -1.94. The van der Waals surface area contributed by atoms with E-state index in [0.717, 1.165) is 43.9 Å². The van der Waals surface area contributed by atoms with Crippen molar-refractivity contribution in [2.24, 2.45) is 0 Å². The Bertz CT molecular complexity index is 2670. The Morgan fingerprint density at radius 3 is 2.29 bits per heavy atom. The highest BCUT2D eigenvalue weighted by Crippen LogP contribution is 2.39. The molecule has 4 heteroatoms. The quantitative estimate of drug-likeness (QED) is 0.190. The van der Waals surface area contributed by atoms with E-state index in [-0.39, 0.29) is 0 Å². The number of aromatic nitrogens is 3. The predicted octanol–water partition coefficient (Wildman–Crippen LogP) is 11.6. The van der Waals surface area contributed by atoms with Gasteiger partial charge in [-0.05, 0) is 77.2 Å². The van der Waals surface area contributed by atoms with Gasteiger partial charge in [-0.15, -0.1) is 11.3 Å². The van der Waals surface area contributed by atoms with Crippen LogP contribution in [-0.4, -0.2) is 14.4 Å². The third-order valence-electron chi connectivity index (χ3n) is 8.91. The average Bonchev–Trinajstić information content (AvgIpc) is 3.66. The molecule has 0 fully saturated rings. The molecule has 9 aromatic rings. The van der Waals surface area contributed by atoms with E-state index in [1.807, 2.05) is 18.3 Å². The fraction of sp³-hybridized carbons (Fsp3) is 0.0244. The smallest absolute Gasteiger partial charge is 0.146 e. The molecule has 0 atom stereocenters. The zero-order chi connectivity index (χ0) is 30.1. The normalized spacial score (nSPS) is 12.1. The van der Waals surface area contributed by atoms with Crippen LogP contribution < -0.4 is 0 Å². The minimum Gasteiger partial charge on any atom is -0.292 e. The van der Waals surface area contributed by atoms with Gasteiger partial charge < -0.3 is 0 Å². The zero-order valence-electron chi connectivity index (χ0n) is 24.7. The van der Waals surface area contributed by atoms with Crippen LogP contribution in [-0.2, 0) is 0 Å². The Labute approximate surface area is 264 Å². The number of hydrogen-bond acceptors (Lipinski definition) is 3. The number of para-hydroxylation sites is 2. The molecule has 0 N–H and O–H groups in total. The summed E-state index contributed by atoms with van der Waals surface area (Å²) in [7, 11) is 0. The van der Waals surface area contributed by atoms with E-state index >= 15 is 0 Å². The van der Waals surface area contributed by atoms with Crippen LogP contribution in [0, 0.1) is 0 Å². The summed E-state index contributed by atoms with van der Waals surface area (Å²) in [6.45, 7) is 6.10. The van der Waals surface area contributed by atoms with Crippen molar-refractivity contribution in [1.82, 2.24) is 14.4 Å². The fourth-order valence-electron chi connectivity index (χ4n) is 6.82. The highest BCUT2D eigenvalue weighted by Gasteiger charge is 2.17. The second-order valence-corrected chi connectivity index (χ2v) is 12.5. The first-order chi connectivity index (χ1) is 22.2. The summed E-state index contributed by atoms with van der Waals surface area (Å²) < 4.78 is 3.60. The number of hydrogen-bond donors (Lipinski definition) is 0. The molecule has 0 radical (unpaired) electrons. The molecule has 0 saturated carbocycles. The standard InChI is InChI=1S/C41H27N3S/c1-3-8-30-33-23-28(18-21-38(33)45-37(30)4-2)25-12-14-26(15-13-25)29-17-19-31-36(24-29)44-35-11-6-5-10-34(35)43-41(44)32-20-16-27-9-7-22-42-40(27)39(31)32/h3-24H,2H2,1H3/b8-3-. The third-order valence-corrected chi connectivity index (χ3v) is 10.1. The lowest BCUT2D eigenvalue weighted by atomic mass is 9.96. The molecule has 45 heavy (non-hydrogen) atoms. The Balaban J connectivity index is 1.23. The van der Waals surface area contributed by atoms with Gasteiger partial charge in [0, 0.05) is 42.7 Å². The molecule has 0 aliphatic carbocycles. The molecule has 9 rings (SSSR count). The zero-order valence-corrected chi connectivity index (χ0v) is 25.5. The minimum absolute atomic E-state index is 0.958. The van der Waals surface area contributed by atoms with E-state index in [9.17, 15) is 0 Å². The monoisotopic (exact) mass is 593 g/mol. The maximum Gasteiger partial charge on any atom is 0.146 e. The molecular weight excluding hydrogens is 567 g/mol. The summed E-state index contributed by atoms with van der Waals surface area (Å²) in [6.07, 6.45) is 8.12. The molecule has 0 aliphatic heterocycles. The van der Waals surface area contributed by atoms with Crippen LogP contribution in [0.25, 0.3) is 93.8 Å². The minimum atomic E-state index is 0.958. The lowest BCUT2D eigenvalue weighted by molar-refractivity contribution is 1.31. The van der Waals surface area contributed by atoms with Crippen LogP contribution >= 0.6 is 11.3 Å². The van der Waals surface area contributed by atoms with Crippen molar-refractivity contribution in [2.45, 2.75) is 6.92 Å².